The predicted octanol–water partition coefficient (Wildman–Crippen LogP) is 4.43. The van der Waals surface area contributed by atoms with Crippen LogP contribution < -0.4 is 0 Å². The summed E-state index contributed by atoms with van der Waals surface area (Å²) in [5.41, 5.74) is -1.41. The van der Waals surface area contributed by atoms with Crippen molar-refractivity contribution in [1.82, 2.24) is 0 Å². The molecular formula is C16H6F4INO. The Kier molecular flexibility index (Phi) is 4.81. The van der Waals surface area contributed by atoms with E-state index in [4.69, 9.17) is 5.26 Å². The lowest BCUT2D eigenvalue weighted by molar-refractivity contribution is -0.137. The monoisotopic (exact) mass is 431 g/mol. The summed E-state index contributed by atoms with van der Waals surface area (Å²) in [6, 6.07) is 6.64. The van der Waals surface area contributed by atoms with Gasteiger partial charge < -0.3 is 5.11 Å². The molecule has 0 fully saturated rings. The van der Waals surface area contributed by atoms with Gasteiger partial charge in [-0.1, -0.05) is 11.8 Å². The summed E-state index contributed by atoms with van der Waals surface area (Å²) in [6.45, 7) is 0. The number of phenolic OH excluding ortho intramolecular Hbond substituents is 1. The highest BCUT2D eigenvalue weighted by atomic mass is 127. The van der Waals surface area contributed by atoms with Crippen molar-refractivity contribution >= 4 is 22.6 Å². The number of phenols is 1. The van der Waals surface area contributed by atoms with Crippen LogP contribution in [0.1, 0.15) is 22.3 Å². The summed E-state index contributed by atoms with van der Waals surface area (Å²) in [7, 11) is 0. The molecule has 0 saturated heterocycles. The third-order valence-corrected chi connectivity index (χ3v) is 3.71. The largest absolute Gasteiger partial charge is 0.508 e. The first-order valence-electron chi connectivity index (χ1n) is 6.03. The van der Waals surface area contributed by atoms with Crippen LogP contribution in [-0.2, 0) is 6.18 Å². The van der Waals surface area contributed by atoms with Gasteiger partial charge in [-0.25, -0.2) is 4.39 Å². The second-order valence-electron chi connectivity index (χ2n) is 4.40. The van der Waals surface area contributed by atoms with Crippen LogP contribution in [0.2, 0.25) is 0 Å². The van der Waals surface area contributed by atoms with Crippen LogP contribution in [0, 0.1) is 32.6 Å². The molecule has 0 heterocycles. The lowest BCUT2D eigenvalue weighted by atomic mass is 10.1. The quantitative estimate of drug-likeness (QED) is 0.381. The smallest absolute Gasteiger partial charge is 0.417 e. The van der Waals surface area contributed by atoms with Crippen molar-refractivity contribution in [2.75, 3.05) is 0 Å². The van der Waals surface area contributed by atoms with Crippen molar-refractivity contribution < 1.29 is 22.7 Å². The summed E-state index contributed by atoms with van der Waals surface area (Å²) in [4.78, 5) is 0. The number of aromatic hydroxyl groups is 1. The first kappa shape index (κ1) is 17.1. The Morgan fingerprint density at radius 2 is 1.65 bits per heavy atom. The molecule has 2 aromatic rings. The number of alkyl halides is 3. The van der Waals surface area contributed by atoms with Crippen LogP contribution in [0.5, 0.6) is 5.75 Å². The Hall–Kier alpha value is -2.26. The van der Waals surface area contributed by atoms with E-state index in [-0.39, 0.29) is 16.7 Å². The molecule has 0 spiro atoms. The van der Waals surface area contributed by atoms with Crippen molar-refractivity contribution in [3.05, 3.63) is 62.0 Å². The number of hydrogen-bond donors (Lipinski definition) is 1. The molecular weight excluding hydrogens is 425 g/mol. The Bertz CT molecular complexity index is 873. The van der Waals surface area contributed by atoms with E-state index >= 15 is 0 Å². The maximum absolute atomic E-state index is 13.6. The van der Waals surface area contributed by atoms with Crippen LogP contribution in [0.15, 0.2) is 30.3 Å². The highest BCUT2D eigenvalue weighted by Gasteiger charge is 2.33. The third kappa shape index (κ3) is 3.93. The van der Waals surface area contributed by atoms with Gasteiger partial charge in [-0.05, 0) is 52.9 Å². The SMILES string of the molecule is N#Cc1cc(I)c(C#Cc2ccc(O)cc2C(F)(F)F)cc1F. The first-order chi connectivity index (χ1) is 10.7. The minimum absolute atomic E-state index is 0.166. The molecule has 0 amide bonds. The standard InChI is InChI=1S/C16H6F4INO/c17-14-5-10(15(21)6-11(14)8-22)2-1-9-3-4-12(23)7-13(9)16(18,19)20/h3-7,23H. The van der Waals surface area contributed by atoms with Gasteiger partial charge in [0.25, 0.3) is 0 Å². The third-order valence-electron chi connectivity index (χ3n) is 2.82. The topological polar surface area (TPSA) is 44.0 Å². The maximum atomic E-state index is 13.6. The van der Waals surface area contributed by atoms with Crippen molar-refractivity contribution in [2.45, 2.75) is 6.18 Å². The highest BCUT2D eigenvalue weighted by molar-refractivity contribution is 14.1. The van der Waals surface area contributed by atoms with Gasteiger partial charge in [0.1, 0.15) is 17.6 Å². The number of nitriles is 1. The molecule has 23 heavy (non-hydrogen) atoms. The van der Waals surface area contributed by atoms with Gasteiger partial charge >= 0.3 is 6.18 Å². The van der Waals surface area contributed by atoms with E-state index in [1.807, 2.05) is 22.6 Å². The van der Waals surface area contributed by atoms with E-state index in [9.17, 15) is 22.7 Å². The fourth-order valence-corrected chi connectivity index (χ4v) is 2.34. The minimum atomic E-state index is -4.67. The molecule has 0 radical (unpaired) electrons. The number of nitrogens with zero attached hydrogens (tertiary/aromatic N) is 1. The van der Waals surface area contributed by atoms with Crippen molar-refractivity contribution in [2.24, 2.45) is 0 Å². The van der Waals surface area contributed by atoms with Gasteiger partial charge in [0.2, 0.25) is 0 Å². The van der Waals surface area contributed by atoms with Gasteiger partial charge in [-0.3, -0.25) is 0 Å². The van der Waals surface area contributed by atoms with Gasteiger partial charge in [-0.2, -0.15) is 18.4 Å². The summed E-state index contributed by atoms with van der Waals surface area (Å²) in [5.74, 6) is 3.48. The summed E-state index contributed by atoms with van der Waals surface area (Å²) >= 11 is 1.82. The van der Waals surface area contributed by atoms with Crippen LogP contribution in [0.3, 0.4) is 0 Å². The molecule has 0 aromatic heterocycles. The van der Waals surface area contributed by atoms with Crippen molar-refractivity contribution in [3.8, 4) is 23.7 Å². The molecule has 2 aromatic carbocycles. The molecule has 2 nitrogen and oxygen atoms in total. The number of rotatable bonds is 0. The van der Waals surface area contributed by atoms with Crippen LogP contribution in [0.25, 0.3) is 0 Å². The van der Waals surface area contributed by atoms with Crippen LogP contribution >= 0.6 is 22.6 Å². The molecule has 0 unspecified atom stereocenters. The molecule has 2 rings (SSSR count). The van der Waals surface area contributed by atoms with Gasteiger partial charge in [-0.15, -0.1) is 0 Å². The Balaban J connectivity index is 2.53. The lowest BCUT2D eigenvalue weighted by Gasteiger charge is -2.09. The predicted molar refractivity (Wildman–Crippen MR) is 82.9 cm³/mol. The highest BCUT2D eigenvalue weighted by Crippen LogP contribution is 2.33. The average molecular weight is 431 g/mol. The molecule has 0 bridgehead atoms. The van der Waals surface area contributed by atoms with Crippen LogP contribution in [0.4, 0.5) is 17.6 Å². The van der Waals surface area contributed by atoms with E-state index in [1.54, 1.807) is 6.07 Å². The van der Waals surface area contributed by atoms with Gasteiger partial charge in [0.05, 0.1) is 11.1 Å². The molecule has 0 atom stereocenters. The molecule has 7 heteroatoms. The Labute approximate surface area is 142 Å². The second kappa shape index (κ2) is 6.47. The Morgan fingerprint density at radius 1 is 1.00 bits per heavy atom. The van der Waals surface area contributed by atoms with Gasteiger partial charge in [0, 0.05) is 14.7 Å². The van der Waals surface area contributed by atoms with E-state index in [2.05, 4.69) is 11.8 Å². The van der Waals surface area contributed by atoms with Crippen LogP contribution in [-0.4, -0.2) is 5.11 Å². The summed E-state index contributed by atoms with van der Waals surface area (Å²) < 4.78 is 52.8. The average Bonchev–Trinajstić information content (AvgIpc) is 2.47. The van der Waals surface area contributed by atoms with Crippen molar-refractivity contribution in [3.63, 3.8) is 0 Å². The molecule has 1 N–H and O–H groups in total. The first-order valence-corrected chi connectivity index (χ1v) is 7.11. The zero-order valence-corrected chi connectivity index (χ0v) is 13.3. The maximum Gasteiger partial charge on any atom is 0.417 e. The van der Waals surface area contributed by atoms with Gasteiger partial charge in [0.15, 0.2) is 0 Å². The molecule has 0 saturated carbocycles. The van der Waals surface area contributed by atoms with E-state index in [1.165, 1.54) is 6.07 Å². The molecule has 0 aliphatic carbocycles. The molecule has 0 aliphatic heterocycles. The lowest BCUT2D eigenvalue weighted by Crippen LogP contribution is -2.07. The van der Waals surface area contributed by atoms with E-state index in [0.717, 1.165) is 18.2 Å². The minimum Gasteiger partial charge on any atom is -0.508 e. The normalized spacial score (nSPS) is 10.6. The van der Waals surface area contributed by atoms with Crippen molar-refractivity contribution in [1.29, 1.82) is 5.26 Å². The number of halogens is 5. The Morgan fingerprint density at radius 3 is 2.26 bits per heavy atom. The van der Waals surface area contributed by atoms with E-state index < -0.39 is 23.3 Å². The number of benzene rings is 2. The fourth-order valence-electron chi connectivity index (χ4n) is 1.74. The van der Waals surface area contributed by atoms with E-state index in [0.29, 0.717) is 9.64 Å². The summed E-state index contributed by atoms with van der Waals surface area (Å²) in [5, 5.41) is 17.9. The zero-order valence-electron chi connectivity index (χ0n) is 11.2. The summed E-state index contributed by atoms with van der Waals surface area (Å²) in [6.07, 6.45) is -4.67. The number of hydrogen-bond acceptors (Lipinski definition) is 2. The fraction of sp³-hybridized carbons (Fsp3) is 0.0625. The molecule has 0 aliphatic rings. The second-order valence-corrected chi connectivity index (χ2v) is 5.56. The zero-order chi connectivity index (χ0) is 17.2. The molecule has 116 valence electrons.